The maximum absolute atomic E-state index is 13.5. The summed E-state index contributed by atoms with van der Waals surface area (Å²) in [5.74, 6) is 1.07. The topological polar surface area (TPSA) is 38.1 Å². The first kappa shape index (κ1) is 13.7. The maximum Gasteiger partial charge on any atom is 0.196 e. The van der Waals surface area contributed by atoms with Gasteiger partial charge >= 0.3 is 0 Å². The van der Waals surface area contributed by atoms with Gasteiger partial charge in [-0.25, -0.2) is 9.37 Å². The molecule has 0 saturated carbocycles. The lowest BCUT2D eigenvalue weighted by molar-refractivity contribution is 0.494. The molecule has 1 aromatic carbocycles. The van der Waals surface area contributed by atoms with Gasteiger partial charge in [-0.3, -0.25) is 0 Å². The molecule has 0 atom stereocenters. The Hall–Kier alpha value is -1.68. The van der Waals surface area contributed by atoms with Crippen molar-refractivity contribution in [3.05, 3.63) is 41.7 Å². The zero-order valence-electron chi connectivity index (χ0n) is 11.4. The van der Waals surface area contributed by atoms with Gasteiger partial charge < -0.3 is 9.73 Å². The Morgan fingerprint density at radius 2 is 2.16 bits per heavy atom. The van der Waals surface area contributed by atoms with E-state index < -0.39 is 0 Å². The molecule has 2 aromatic rings. The van der Waals surface area contributed by atoms with E-state index in [4.69, 9.17) is 4.42 Å². The van der Waals surface area contributed by atoms with E-state index in [1.807, 2.05) is 6.07 Å². The van der Waals surface area contributed by atoms with Crippen molar-refractivity contribution < 1.29 is 8.81 Å². The molecule has 4 heteroatoms. The van der Waals surface area contributed by atoms with Gasteiger partial charge in [0.1, 0.15) is 5.82 Å². The molecular weight excluding hydrogens is 243 g/mol. The van der Waals surface area contributed by atoms with E-state index in [1.165, 1.54) is 6.07 Å². The number of halogens is 1. The Kier molecular flexibility index (Phi) is 4.68. The maximum atomic E-state index is 13.5. The van der Waals surface area contributed by atoms with Gasteiger partial charge in [0.25, 0.3) is 0 Å². The molecule has 0 bridgehead atoms. The Morgan fingerprint density at radius 3 is 2.89 bits per heavy atom. The molecule has 0 aliphatic carbocycles. The molecule has 0 aliphatic rings. The highest BCUT2D eigenvalue weighted by Gasteiger charge is 2.08. The van der Waals surface area contributed by atoms with E-state index >= 15 is 0 Å². The third-order valence-electron chi connectivity index (χ3n) is 2.95. The van der Waals surface area contributed by atoms with Gasteiger partial charge in [0.05, 0.1) is 6.20 Å². The van der Waals surface area contributed by atoms with Crippen LogP contribution in [-0.4, -0.2) is 18.1 Å². The summed E-state index contributed by atoms with van der Waals surface area (Å²) >= 11 is 0. The third kappa shape index (κ3) is 3.64. The van der Waals surface area contributed by atoms with Crippen LogP contribution in [0.3, 0.4) is 0 Å². The van der Waals surface area contributed by atoms with Crippen molar-refractivity contribution in [2.45, 2.75) is 26.7 Å². The average molecular weight is 262 g/mol. The first-order chi connectivity index (χ1) is 9.20. The molecule has 102 valence electrons. The van der Waals surface area contributed by atoms with Crippen LogP contribution in [0.1, 0.15) is 24.8 Å². The number of aromatic nitrogens is 1. The van der Waals surface area contributed by atoms with Gasteiger partial charge in [-0.15, -0.1) is 0 Å². The molecule has 0 fully saturated rings. The number of hydrogen-bond acceptors (Lipinski definition) is 3. The fraction of sp³-hybridized carbons (Fsp3) is 0.400. The fourth-order valence-electron chi connectivity index (χ4n) is 1.80. The Morgan fingerprint density at radius 1 is 1.32 bits per heavy atom. The molecule has 19 heavy (non-hydrogen) atoms. The molecule has 0 unspecified atom stereocenters. The Labute approximate surface area is 112 Å². The van der Waals surface area contributed by atoms with Crippen molar-refractivity contribution in [3.63, 3.8) is 0 Å². The fourth-order valence-corrected chi connectivity index (χ4v) is 1.80. The quantitative estimate of drug-likeness (QED) is 0.811. The largest absolute Gasteiger partial charge is 0.441 e. The van der Waals surface area contributed by atoms with Gasteiger partial charge in [-0.1, -0.05) is 19.1 Å². The van der Waals surface area contributed by atoms with Crippen molar-refractivity contribution in [2.75, 3.05) is 13.1 Å². The molecule has 0 spiro atoms. The number of benzene rings is 1. The second-order valence-corrected chi connectivity index (χ2v) is 4.58. The van der Waals surface area contributed by atoms with Crippen LogP contribution in [0.15, 0.2) is 28.8 Å². The third-order valence-corrected chi connectivity index (χ3v) is 2.95. The highest BCUT2D eigenvalue weighted by Crippen LogP contribution is 2.22. The number of nitrogens with zero attached hydrogens (tertiary/aromatic N) is 1. The summed E-state index contributed by atoms with van der Waals surface area (Å²) in [6.07, 6.45) is 3.51. The lowest BCUT2D eigenvalue weighted by Crippen LogP contribution is -2.17. The average Bonchev–Trinajstić information content (AvgIpc) is 2.87. The van der Waals surface area contributed by atoms with Crippen LogP contribution in [0.4, 0.5) is 4.39 Å². The molecule has 0 aliphatic heterocycles. The molecule has 3 nitrogen and oxygen atoms in total. The van der Waals surface area contributed by atoms with Crippen LogP contribution in [-0.2, 0) is 6.42 Å². The molecule has 0 radical (unpaired) electrons. The van der Waals surface area contributed by atoms with E-state index in [2.05, 4.69) is 17.2 Å². The van der Waals surface area contributed by atoms with Crippen molar-refractivity contribution in [3.8, 4) is 11.3 Å². The number of hydrogen-bond donors (Lipinski definition) is 1. The summed E-state index contributed by atoms with van der Waals surface area (Å²) < 4.78 is 19.1. The molecule has 1 aromatic heterocycles. The van der Waals surface area contributed by atoms with Crippen LogP contribution in [0.5, 0.6) is 0 Å². The highest BCUT2D eigenvalue weighted by atomic mass is 19.1. The van der Waals surface area contributed by atoms with Crippen LogP contribution in [0, 0.1) is 12.7 Å². The van der Waals surface area contributed by atoms with Gasteiger partial charge in [0.2, 0.25) is 0 Å². The predicted octanol–water partition coefficient (Wildman–Crippen LogP) is 3.33. The van der Waals surface area contributed by atoms with Crippen LogP contribution in [0.2, 0.25) is 0 Å². The van der Waals surface area contributed by atoms with Crippen molar-refractivity contribution in [1.82, 2.24) is 10.3 Å². The monoisotopic (exact) mass is 262 g/mol. The lowest BCUT2D eigenvalue weighted by Gasteiger charge is -2.00. The van der Waals surface area contributed by atoms with Crippen molar-refractivity contribution >= 4 is 0 Å². The predicted molar refractivity (Wildman–Crippen MR) is 73.5 cm³/mol. The van der Waals surface area contributed by atoms with Crippen molar-refractivity contribution in [1.29, 1.82) is 0 Å². The van der Waals surface area contributed by atoms with Gasteiger partial charge in [0, 0.05) is 18.5 Å². The number of rotatable bonds is 6. The first-order valence-electron chi connectivity index (χ1n) is 6.62. The summed E-state index contributed by atoms with van der Waals surface area (Å²) in [6.45, 7) is 5.71. The van der Waals surface area contributed by atoms with E-state index in [9.17, 15) is 4.39 Å². The SMILES string of the molecule is CCCNCCc1ncc(-c2ccc(C)c(F)c2)o1. The standard InChI is InChI=1S/C15H19FN2O/c1-3-7-17-8-6-15-18-10-14(19-15)12-5-4-11(2)13(16)9-12/h4-5,9-10,17H,3,6-8H2,1-2H3. The van der Waals surface area contributed by atoms with Gasteiger partial charge in [-0.05, 0) is 31.5 Å². The zero-order chi connectivity index (χ0) is 13.7. The number of nitrogens with one attached hydrogen (secondary N) is 1. The molecular formula is C15H19FN2O. The lowest BCUT2D eigenvalue weighted by atomic mass is 10.1. The van der Waals surface area contributed by atoms with Crippen molar-refractivity contribution in [2.24, 2.45) is 0 Å². The van der Waals surface area contributed by atoms with Crippen LogP contribution >= 0.6 is 0 Å². The molecule has 1 N–H and O–H groups in total. The Bertz CT molecular complexity index is 537. The summed E-state index contributed by atoms with van der Waals surface area (Å²) in [5, 5.41) is 3.29. The minimum absolute atomic E-state index is 0.222. The van der Waals surface area contributed by atoms with E-state index in [0.29, 0.717) is 17.2 Å². The second-order valence-electron chi connectivity index (χ2n) is 4.58. The minimum Gasteiger partial charge on any atom is -0.441 e. The summed E-state index contributed by atoms with van der Waals surface area (Å²) in [7, 11) is 0. The van der Waals surface area contributed by atoms with E-state index in [0.717, 1.165) is 31.5 Å². The normalized spacial score (nSPS) is 10.9. The number of aryl methyl sites for hydroxylation is 1. The minimum atomic E-state index is -0.222. The number of oxazole rings is 1. The molecule has 0 amide bonds. The van der Waals surface area contributed by atoms with Crippen LogP contribution < -0.4 is 5.32 Å². The van der Waals surface area contributed by atoms with Gasteiger partial charge in [0.15, 0.2) is 11.7 Å². The second kappa shape index (κ2) is 6.48. The van der Waals surface area contributed by atoms with Gasteiger partial charge in [-0.2, -0.15) is 0 Å². The summed E-state index contributed by atoms with van der Waals surface area (Å²) in [4.78, 5) is 4.21. The zero-order valence-corrected chi connectivity index (χ0v) is 11.4. The summed E-state index contributed by atoms with van der Waals surface area (Å²) in [5.41, 5.74) is 1.36. The first-order valence-corrected chi connectivity index (χ1v) is 6.62. The van der Waals surface area contributed by atoms with Crippen LogP contribution in [0.25, 0.3) is 11.3 Å². The van der Waals surface area contributed by atoms with E-state index in [1.54, 1.807) is 19.2 Å². The Balaban J connectivity index is 2.01. The molecule has 1 heterocycles. The molecule has 2 rings (SSSR count). The van der Waals surface area contributed by atoms with E-state index in [-0.39, 0.29) is 5.82 Å². The smallest absolute Gasteiger partial charge is 0.196 e. The molecule has 0 saturated heterocycles. The summed E-state index contributed by atoms with van der Waals surface area (Å²) in [6, 6.07) is 5.07. The highest BCUT2D eigenvalue weighted by molar-refractivity contribution is 5.56.